The Balaban J connectivity index is 2.03. The first kappa shape index (κ1) is 24.0. The number of thiophene rings is 1. The zero-order valence-corrected chi connectivity index (χ0v) is 21.3. The summed E-state index contributed by atoms with van der Waals surface area (Å²) in [6, 6.07) is 6.71. The molecular weight excluding hydrogens is 472 g/mol. The van der Waals surface area contributed by atoms with Crippen LogP contribution in [0.3, 0.4) is 0 Å². The second-order valence-corrected chi connectivity index (χ2v) is 9.54. The van der Waals surface area contributed by atoms with Gasteiger partial charge in [0, 0.05) is 10.4 Å². The number of rotatable bonds is 7. The van der Waals surface area contributed by atoms with Gasteiger partial charge in [0.2, 0.25) is 0 Å². The quantitative estimate of drug-likeness (QED) is 0.466. The van der Waals surface area contributed by atoms with Gasteiger partial charge in [-0.2, -0.15) is 0 Å². The molecule has 1 aromatic carbocycles. The largest absolute Gasteiger partial charge is 0.493 e. The third kappa shape index (κ3) is 4.21. The van der Waals surface area contributed by atoms with Crippen molar-refractivity contribution in [1.82, 2.24) is 4.57 Å². The number of ether oxygens (including phenoxy) is 3. The van der Waals surface area contributed by atoms with Gasteiger partial charge >= 0.3 is 5.97 Å². The highest BCUT2D eigenvalue weighted by molar-refractivity contribution is 7.11. The summed E-state index contributed by atoms with van der Waals surface area (Å²) in [5, 5.41) is 1.99. The molecule has 1 aliphatic rings. The highest BCUT2D eigenvalue weighted by atomic mass is 32.1. The van der Waals surface area contributed by atoms with Crippen molar-refractivity contribution in [3.8, 4) is 11.5 Å². The number of benzene rings is 1. The number of aryl methyl sites for hydroxylation is 1. The summed E-state index contributed by atoms with van der Waals surface area (Å²) in [5.74, 6) is 0.494. The maximum absolute atomic E-state index is 13.7. The maximum atomic E-state index is 13.7. The number of nitrogens with zero attached hydrogens (tertiary/aromatic N) is 2. The molecule has 0 fully saturated rings. The van der Waals surface area contributed by atoms with Gasteiger partial charge in [-0.25, -0.2) is 9.79 Å². The van der Waals surface area contributed by atoms with Gasteiger partial charge in [-0.1, -0.05) is 23.5 Å². The number of thiazole rings is 1. The molecule has 7 nitrogen and oxygen atoms in total. The topological polar surface area (TPSA) is 79.1 Å². The van der Waals surface area contributed by atoms with E-state index in [1.807, 2.05) is 43.5 Å². The molecule has 178 valence electrons. The van der Waals surface area contributed by atoms with Crippen molar-refractivity contribution in [2.45, 2.75) is 33.7 Å². The van der Waals surface area contributed by atoms with E-state index in [4.69, 9.17) is 14.2 Å². The molecule has 0 unspecified atom stereocenters. The second kappa shape index (κ2) is 9.99. The Hall–Kier alpha value is -3.17. The van der Waals surface area contributed by atoms with Gasteiger partial charge in [0.15, 0.2) is 16.3 Å². The number of fused-ring (bicyclic) bond motifs is 1. The average molecular weight is 499 g/mol. The SMILES string of the molecule is CCOC(=O)C1=C(C)N=c2sc(=Cc3sccc3C)c(=O)n2[C@H]1c1cccc(OC)c1OCC. The van der Waals surface area contributed by atoms with Gasteiger partial charge in [0.25, 0.3) is 5.56 Å². The minimum Gasteiger partial charge on any atom is -0.493 e. The monoisotopic (exact) mass is 498 g/mol. The van der Waals surface area contributed by atoms with Crippen LogP contribution >= 0.6 is 22.7 Å². The van der Waals surface area contributed by atoms with Crippen molar-refractivity contribution < 1.29 is 19.0 Å². The van der Waals surface area contributed by atoms with Crippen LogP contribution in [0, 0.1) is 6.92 Å². The van der Waals surface area contributed by atoms with Crippen LogP contribution in [0.15, 0.2) is 50.7 Å². The van der Waals surface area contributed by atoms with Crippen LogP contribution < -0.4 is 24.4 Å². The first-order valence-corrected chi connectivity index (χ1v) is 12.6. The Labute approximate surface area is 205 Å². The van der Waals surface area contributed by atoms with E-state index < -0.39 is 12.0 Å². The summed E-state index contributed by atoms with van der Waals surface area (Å²) in [6.07, 6.45) is 1.89. The average Bonchev–Trinajstić information content (AvgIpc) is 3.35. The summed E-state index contributed by atoms with van der Waals surface area (Å²) >= 11 is 2.88. The lowest BCUT2D eigenvalue weighted by Gasteiger charge is -2.26. The summed E-state index contributed by atoms with van der Waals surface area (Å²) in [7, 11) is 1.56. The molecule has 0 amide bonds. The first-order chi connectivity index (χ1) is 16.4. The number of hydrogen-bond donors (Lipinski definition) is 0. The van der Waals surface area contributed by atoms with E-state index in [0.717, 1.165) is 10.4 Å². The standard InChI is InChI=1S/C25H26N2O5S2/c1-6-31-22-16(9-8-10-17(22)30-5)21-20(24(29)32-7-2)15(4)26-25-27(21)23(28)19(34-25)13-18-14(3)11-12-33-18/h8-13,21H,6-7H2,1-5H3/t21-/m0/s1. The highest BCUT2D eigenvalue weighted by Crippen LogP contribution is 2.40. The van der Waals surface area contributed by atoms with Crippen LogP contribution in [0.4, 0.5) is 0 Å². The van der Waals surface area contributed by atoms with Crippen LogP contribution in [0.2, 0.25) is 0 Å². The Morgan fingerprint density at radius 1 is 1.21 bits per heavy atom. The lowest BCUT2D eigenvalue weighted by atomic mass is 9.94. The molecule has 34 heavy (non-hydrogen) atoms. The number of para-hydroxylation sites is 1. The fraction of sp³-hybridized carbons (Fsp3) is 0.320. The fourth-order valence-electron chi connectivity index (χ4n) is 3.94. The number of aromatic nitrogens is 1. The molecule has 0 spiro atoms. The molecule has 0 saturated heterocycles. The van der Waals surface area contributed by atoms with E-state index in [-0.39, 0.29) is 12.2 Å². The van der Waals surface area contributed by atoms with Gasteiger partial charge < -0.3 is 14.2 Å². The van der Waals surface area contributed by atoms with E-state index in [0.29, 0.717) is 44.3 Å². The highest BCUT2D eigenvalue weighted by Gasteiger charge is 2.35. The number of allylic oxidation sites excluding steroid dienone is 1. The Kier molecular flexibility index (Phi) is 7.04. The van der Waals surface area contributed by atoms with Crippen molar-refractivity contribution in [3.05, 3.63) is 76.6 Å². The molecule has 9 heteroatoms. The smallest absolute Gasteiger partial charge is 0.338 e. The molecule has 0 bridgehead atoms. The Morgan fingerprint density at radius 3 is 2.65 bits per heavy atom. The summed E-state index contributed by atoms with van der Waals surface area (Å²) in [5.41, 5.74) is 2.33. The van der Waals surface area contributed by atoms with E-state index in [2.05, 4.69) is 4.99 Å². The molecule has 1 atom stereocenters. The number of hydrogen-bond acceptors (Lipinski definition) is 8. The van der Waals surface area contributed by atoms with Crippen molar-refractivity contribution in [3.63, 3.8) is 0 Å². The van der Waals surface area contributed by atoms with E-state index >= 15 is 0 Å². The lowest BCUT2D eigenvalue weighted by molar-refractivity contribution is -0.139. The number of esters is 1. The molecule has 0 N–H and O–H groups in total. The van der Waals surface area contributed by atoms with Crippen LogP contribution in [-0.4, -0.2) is 30.9 Å². The fourth-order valence-corrected chi connectivity index (χ4v) is 5.91. The number of methoxy groups -OCH3 is 1. The van der Waals surface area contributed by atoms with Crippen LogP contribution in [0.1, 0.15) is 42.8 Å². The molecule has 0 radical (unpaired) electrons. The third-order valence-corrected chi connectivity index (χ3v) is 7.44. The van der Waals surface area contributed by atoms with Crippen LogP contribution in [0.5, 0.6) is 11.5 Å². The summed E-state index contributed by atoms with van der Waals surface area (Å²) in [4.78, 5) is 33.0. The molecule has 1 aliphatic heterocycles. The summed E-state index contributed by atoms with van der Waals surface area (Å²) < 4.78 is 19.0. The van der Waals surface area contributed by atoms with Gasteiger partial charge in [0.05, 0.1) is 36.1 Å². The van der Waals surface area contributed by atoms with Gasteiger partial charge in [-0.3, -0.25) is 9.36 Å². The predicted octanol–water partition coefficient (Wildman–Crippen LogP) is 3.58. The van der Waals surface area contributed by atoms with E-state index in [9.17, 15) is 9.59 Å². The molecule has 0 aliphatic carbocycles. The van der Waals surface area contributed by atoms with Crippen molar-refractivity contribution in [1.29, 1.82) is 0 Å². The van der Waals surface area contributed by atoms with Gasteiger partial charge in [0.1, 0.15) is 6.04 Å². The molecular formula is C25H26N2O5S2. The van der Waals surface area contributed by atoms with Crippen LogP contribution in [0.25, 0.3) is 6.08 Å². The Bertz CT molecular complexity index is 1440. The minimum absolute atomic E-state index is 0.209. The van der Waals surface area contributed by atoms with E-state index in [1.54, 1.807) is 42.9 Å². The van der Waals surface area contributed by atoms with Gasteiger partial charge in [-0.05, 0) is 56.8 Å². The van der Waals surface area contributed by atoms with Crippen LogP contribution in [-0.2, 0) is 9.53 Å². The zero-order chi connectivity index (χ0) is 24.4. The number of carbonyl (C=O) groups excluding carboxylic acids is 1. The third-order valence-electron chi connectivity index (χ3n) is 5.49. The molecule has 3 aromatic rings. The maximum Gasteiger partial charge on any atom is 0.338 e. The van der Waals surface area contributed by atoms with Crippen molar-refractivity contribution >= 4 is 34.7 Å². The second-order valence-electron chi connectivity index (χ2n) is 7.58. The molecule has 0 saturated carbocycles. The van der Waals surface area contributed by atoms with Crippen molar-refractivity contribution in [2.24, 2.45) is 4.99 Å². The van der Waals surface area contributed by atoms with Crippen molar-refractivity contribution in [2.75, 3.05) is 20.3 Å². The normalized spacial score (nSPS) is 15.7. The number of carbonyl (C=O) groups is 1. The predicted molar refractivity (Wildman–Crippen MR) is 134 cm³/mol. The van der Waals surface area contributed by atoms with Gasteiger partial charge in [-0.15, -0.1) is 11.3 Å². The molecule has 4 rings (SSSR count). The molecule has 2 aromatic heterocycles. The van der Waals surface area contributed by atoms with E-state index in [1.165, 1.54) is 11.3 Å². The minimum atomic E-state index is -0.765. The zero-order valence-electron chi connectivity index (χ0n) is 19.7. The summed E-state index contributed by atoms with van der Waals surface area (Å²) in [6.45, 7) is 8.00. The first-order valence-electron chi connectivity index (χ1n) is 10.9. The Morgan fingerprint density at radius 2 is 2.00 bits per heavy atom. The molecule has 3 heterocycles. The lowest BCUT2D eigenvalue weighted by Crippen LogP contribution is -2.40.